The van der Waals surface area contributed by atoms with Crippen molar-refractivity contribution in [3.8, 4) is 11.5 Å². The summed E-state index contributed by atoms with van der Waals surface area (Å²) >= 11 is 5.85. The number of benzene rings is 3. The quantitative estimate of drug-likeness (QED) is 0.537. The molecule has 1 amide bonds. The minimum Gasteiger partial charge on any atom is -0.497 e. The topological polar surface area (TPSA) is 72.9 Å². The molecule has 0 fully saturated rings. The molecule has 0 saturated heterocycles. The van der Waals surface area contributed by atoms with Gasteiger partial charge < -0.3 is 9.47 Å². The standard InChI is InChI=1S/C22H20ClNO5S/c1-16-3-13-21(14-4-16)30(26,27)24(18-7-11-19(28-2)12-8-18)22(25)15-29-20-9-5-17(23)6-10-20/h3-14H,15H2,1-2H3. The molecule has 0 atom stereocenters. The summed E-state index contributed by atoms with van der Waals surface area (Å²) in [5.41, 5.74) is 1.09. The van der Waals surface area contributed by atoms with E-state index in [-0.39, 0.29) is 10.6 Å². The third kappa shape index (κ3) is 4.93. The van der Waals surface area contributed by atoms with E-state index < -0.39 is 22.5 Å². The van der Waals surface area contributed by atoms with Crippen LogP contribution in [0.15, 0.2) is 77.7 Å². The molecule has 3 aromatic carbocycles. The van der Waals surface area contributed by atoms with Crippen LogP contribution >= 0.6 is 11.6 Å². The van der Waals surface area contributed by atoms with E-state index in [9.17, 15) is 13.2 Å². The molecule has 8 heteroatoms. The summed E-state index contributed by atoms with van der Waals surface area (Å²) in [6, 6.07) is 18.9. The fourth-order valence-corrected chi connectivity index (χ4v) is 4.22. The van der Waals surface area contributed by atoms with Gasteiger partial charge in [0.15, 0.2) is 6.61 Å². The molecule has 0 aliphatic rings. The molecule has 3 aromatic rings. The molecule has 0 bridgehead atoms. The Labute approximate surface area is 180 Å². The van der Waals surface area contributed by atoms with Gasteiger partial charge in [0.1, 0.15) is 11.5 Å². The zero-order valence-corrected chi connectivity index (χ0v) is 18.0. The molecule has 0 N–H and O–H groups in total. The fourth-order valence-electron chi connectivity index (χ4n) is 2.68. The summed E-state index contributed by atoms with van der Waals surface area (Å²) in [5.74, 6) is 0.196. The lowest BCUT2D eigenvalue weighted by Crippen LogP contribution is -2.40. The van der Waals surface area contributed by atoms with Crippen LogP contribution in [0.3, 0.4) is 0 Å². The van der Waals surface area contributed by atoms with Crippen LogP contribution in [0.25, 0.3) is 0 Å². The molecule has 0 aliphatic heterocycles. The Hall–Kier alpha value is -3.03. The molecule has 0 spiro atoms. The second kappa shape index (κ2) is 9.19. The van der Waals surface area contributed by atoms with E-state index in [0.29, 0.717) is 16.5 Å². The molecule has 0 radical (unpaired) electrons. The van der Waals surface area contributed by atoms with E-state index in [0.717, 1.165) is 9.87 Å². The summed E-state index contributed by atoms with van der Waals surface area (Å²) in [7, 11) is -2.66. The predicted molar refractivity (Wildman–Crippen MR) is 116 cm³/mol. The second-order valence-electron chi connectivity index (χ2n) is 6.42. The maximum absolute atomic E-state index is 13.3. The van der Waals surface area contributed by atoms with Gasteiger partial charge in [0, 0.05) is 5.02 Å². The SMILES string of the molecule is COc1ccc(N(C(=O)COc2ccc(Cl)cc2)S(=O)(=O)c2ccc(C)cc2)cc1. The minimum absolute atomic E-state index is 0.00348. The number of hydrogen-bond donors (Lipinski definition) is 0. The first kappa shape index (κ1) is 21.7. The molecule has 6 nitrogen and oxygen atoms in total. The maximum Gasteiger partial charge on any atom is 0.278 e. The first-order valence-electron chi connectivity index (χ1n) is 8.98. The van der Waals surface area contributed by atoms with Crippen LogP contribution in [0.4, 0.5) is 5.69 Å². The molecule has 0 unspecified atom stereocenters. The van der Waals surface area contributed by atoms with Crippen molar-refractivity contribution in [2.45, 2.75) is 11.8 Å². The van der Waals surface area contributed by atoms with Gasteiger partial charge >= 0.3 is 0 Å². The van der Waals surface area contributed by atoms with E-state index in [1.165, 1.54) is 31.4 Å². The van der Waals surface area contributed by atoms with E-state index in [1.807, 2.05) is 6.92 Å². The van der Waals surface area contributed by atoms with Gasteiger partial charge in [0.25, 0.3) is 15.9 Å². The number of nitrogens with zero attached hydrogens (tertiary/aromatic N) is 1. The molecule has 0 aromatic heterocycles. The van der Waals surface area contributed by atoms with Gasteiger partial charge in [-0.3, -0.25) is 4.79 Å². The Bertz CT molecular complexity index is 1110. The maximum atomic E-state index is 13.3. The normalized spacial score (nSPS) is 11.0. The third-order valence-electron chi connectivity index (χ3n) is 4.27. The first-order valence-corrected chi connectivity index (χ1v) is 10.8. The van der Waals surface area contributed by atoms with Crippen LogP contribution in [0.1, 0.15) is 5.56 Å². The van der Waals surface area contributed by atoms with Crippen molar-refractivity contribution in [2.24, 2.45) is 0 Å². The summed E-state index contributed by atoms with van der Waals surface area (Å²) < 4.78 is 37.9. The summed E-state index contributed by atoms with van der Waals surface area (Å²) in [4.78, 5) is 13.0. The monoisotopic (exact) mass is 445 g/mol. The summed E-state index contributed by atoms with van der Waals surface area (Å²) in [6.07, 6.45) is 0. The average Bonchev–Trinajstić information content (AvgIpc) is 2.74. The van der Waals surface area contributed by atoms with E-state index in [1.54, 1.807) is 48.5 Å². The van der Waals surface area contributed by atoms with Crippen LogP contribution in [-0.4, -0.2) is 28.0 Å². The predicted octanol–water partition coefficient (Wildman–Crippen LogP) is 4.46. The summed E-state index contributed by atoms with van der Waals surface area (Å²) in [6.45, 7) is 1.38. The lowest BCUT2D eigenvalue weighted by atomic mass is 10.2. The Kier molecular flexibility index (Phi) is 6.64. The molecule has 0 heterocycles. The van der Waals surface area contributed by atoms with Crippen molar-refractivity contribution in [2.75, 3.05) is 18.0 Å². The number of hydrogen-bond acceptors (Lipinski definition) is 5. The van der Waals surface area contributed by atoms with Gasteiger partial charge in [-0.15, -0.1) is 0 Å². The van der Waals surface area contributed by atoms with Crippen molar-refractivity contribution in [1.82, 2.24) is 0 Å². The van der Waals surface area contributed by atoms with Crippen molar-refractivity contribution in [3.63, 3.8) is 0 Å². The zero-order valence-electron chi connectivity index (χ0n) is 16.4. The number of amides is 1. The van der Waals surface area contributed by atoms with Crippen molar-refractivity contribution >= 4 is 33.2 Å². The number of halogens is 1. The minimum atomic E-state index is -4.16. The van der Waals surface area contributed by atoms with Gasteiger partial charge in [-0.1, -0.05) is 29.3 Å². The van der Waals surface area contributed by atoms with Crippen LogP contribution in [0, 0.1) is 6.92 Å². The van der Waals surface area contributed by atoms with Crippen LogP contribution in [0.5, 0.6) is 11.5 Å². The number of anilines is 1. The van der Waals surface area contributed by atoms with Gasteiger partial charge in [-0.2, -0.15) is 4.31 Å². The second-order valence-corrected chi connectivity index (χ2v) is 8.64. The van der Waals surface area contributed by atoms with E-state index in [2.05, 4.69) is 0 Å². The molecule has 0 aliphatic carbocycles. The Balaban J connectivity index is 1.94. The van der Waals surface area contributed by atoms with Crippen LogP contribution < -0.4 is 13.8 Å². The van der Waals surface area contributed by atoms with Gasteiger partial charge in [-0.25, -0.2) is 8.42 Å². The van der Waals surface area contributed by atoms with E-state index in [4.69, 9.17) is 21.1 Å². The molecule has 3 rings (SSSR count). The van der Waals surface area contributed by atoms with Gasteiger partial charge in [0.2, 0.25) is 0 Å². The first-order chi connectivity index (χ1) is 14.3. The number of rotatable bonds is 7. The number of carbonyl (C=O) groups excluding carboxylic acids is 1. The van der Waals surface area contributed by atoms with Crippen LogP contribution in [-0.2, 0) is 14.8 Å². The van der Waals surface area contributed by atoms with E-state index >= 15 is 0 Å². The zero-order chi connectivity index (χ0) is 21.7. The molecular formula is C22H20ClNO5S. The van der Waals surface area contributed by atoms with Gasteiger partial charge in [-0.05, 0) is 67.6 Å². The number of carbonyl (C=O) groups is 1. The Morgan fingerprint density at radius 2 is 1.47 bits per heavy atom. The van der Waals surface area contributed by atoms with Gasteiger partial charge in [0.05, 0.1) is 17.7 Å². The number of sulfonamides is 1. The fraction of sp³-hybridized carbons (Fsp3) is 0.136. The summed E-state index contributed by atoms with van der Waals surface area (Å²) in [5, 5.41) is 0.524. The highest BCUT2D eigenvalue weighted by atomic mass is 35.5. The average molecular weight is 446 g/mol. The highest BCUT2D eigenvalue weighted by Gasteiger charge is 2.31. The molecule has 156 valence electrons. The largest absolute Gasteiger partial charge is 0.497 e. The van der Waals surface area contributed by atoms with Crippen molar-refractivity contribution < 1.29 is 22.7 Å². The molecular weight excluding hydrogens is 426 g/mol. The lowest BCUT2D eigenvalue weighted by molar-refractivity contribution is -0.119. The number of methoxy groups -OCH3 is 1. The number of aryl methyl sites for hydroxylation is 1. The Morgan fingerprint density at radius 3 is 2.03 bits per heavy atom. The Morgan fingerprint density at radius 1 is 0.900 bits per heavy atom. The highest BCUT2D eigenvalue weighted by Crippen LogP contribution is 2.27. The number of ether oxygens (including phenoxy) is 2. The lowest BCUT2D eigenvalue weighted by Gasteiger charge is -2.23. The van der Waals surface area contributed by atoms with Crippen molar-refractivity contribution in [1.29, 1.82) is 0 Å². The van der Waals surface area contributed by atoms with Crippen LogP contribution in [0.2, 0.25) is 5.02 Å². The van der Waals surface area contributed by atoms with Crippen molar-refractivity contribution in [3.05, 3.63) is 83.4 Å². The molecule has 30 heavy (non-hydrogen) atoms. The smallest absolute Gasteiger partial charge is 0.278 e. The highest BCUT2D eigenvalue weighted by molar-refractivity contribution is 7.93. The molecule has 0 saturated carbocycles. The third-order valence-corrected chi connectivity index (χ3v) is 6.28.